The topological polar surface area (TPSA) is 9.23 Å². The molecule has 0 aliphatic carbocycles. The first-order valence-corrected chi connectivity index (χ1v) is 6.78. The van der Waals surface area contributed by atoms with Crippen LogP contribution in [0.5, 0.6) is 5.75 Å². The van der Waals surface area contributed by atoms with E-state index >= 15 is 0 Å². The summed E-state index contributed by atoms with van der Waals surface area (Å²) in [5, 5.41) is 0. The molecule has 0 unspecified atom stereocenters. The zero-order chi connectivity index (χ0) is 14.7. The van der Waals surface area contributed by atoms with Crippen molar-refractivity contribution in [1.82, 2.24) is 0 Å². The molecule has 0 aromatic heterocycles. The minimum Gasteiger partial charge on any atom is -0.483 e. The van der Waals surface area contributed by atoms with E-state index in [2.05, 4.69) is 0 Å². The van der Waals surface area contributed by atoms with E-state index in [4.69, 9.17) is 16.3 Å². The van der Waals surface area contributed by atoms with Crippen LogP contribution in [0.15, 0.2) is 30.3 Å². The van der Waals surface area contributed by atoms with Crippen LogP contribution in [-0.4, -0.2) is 0 Å². The van der Waals surface area contributed by atoms with Crippen molar-refractivity contribution in [2.24, 2.45) is 0 Å². The number of aryl methyl sites for hydroxylation is 2. The van der Waals surface area contributed by atoms with Gasteiger partial charge in [0.25, 0.3) is 0 Å². The molecule has 0 bridgehead atoms. The van der Waals surface area contributed by atoms with E-state index in [0.29, 0.717) is 5.56 Å². The number of halogens is 3. The van der Waals surface area contributed by atoms with Crippen molar-refractivity contribution >= 4 is 11.6 Å². The quantitative estimate of drug-likeness (QED) is 0.729. The second kappa shape index (κ2) is 6.23. The van der Waals surface area contributed by atoms with Gasteiger partial charge in [-0.2, -0.15) is 0 Å². The van der Waals surface area contributed by atoms with Crippen molar-refractivity contribution in [3.8, 4) is 5.75 Å². The average Bonchev–Trinajstić information content (AvgIpc) is 2.40. The van der Waals surface area contributed by atoms with Gasteiger partial charge in [-0.05, 0) is 48.2 Å². The van der Waals surface area contributed by atoms with Crippen molar-refractivity contribution < 1.29 is 13.5 Å². The van der Waals surface area contributed by atoms with E-state index in [1.807, 2.05) is 32.0 Å². The smallest absolute Gasteiger partial charge is 0.191 e. The number of hydrogen-bond acceptors (Lipinski definition) is 1. The minimum absolute atomic E-state index is 0.0605. The molecule has 0 radical (unpaired) electrons. The first-order chi connectivity index (χ1) is 9.52. The number of ether oxygens (including phenoxy) is 1. The van der Waals surface area contributed by atoms with Crippen molar-refractivity contribution in [3.63, 3.8) is 0 Å². The Kier molecular flexibility index (Phi) is 4.61. The maximum absolute atomic E-state index is 13.8. The highest BCUT2D eigenvalue weighted by Gasteiger charge is 2.13. The fourth-order valence-corrected chi connectivity index (χ4v) is 2.20. The SMILES string of the molecule is Cc1cccc(C)c1COc1c(F)cc(CCl)cc1F. The van der Waals surface area contributed by atoms with Gasteiger partial charge in [0.1, 0.15) is 6.61 Å². The van der Waals surface area contributed by atoms with Crippen LogP contribution in [0.3, 0.4) is 0 Å². The lowest BCUT2D eigenvalue weighted by Gasteiger charge is -2.13. The van der Waals surface area contributed by atoms with Crippen LogP contribution in [0.25, 0.3) is 0 Å². The maximum atomic E-state index is 13.8. The Balaban J connectivity index is 2.23. The summed E-state index contributed by atoms with van der Waals surface area (Å²) in [5.74, 6) is -1.76. The van der Waals surface area contributed by atoms with Gasteiger partial charge < -0.3 is 4.74 Å². The predicted molar refractivity (Wildman–Crippen MR) is 76.2 cm³/mol. The Hall–Kier alpha value is -1.61. The molecule has 106 valence electrons. The van der Waals surface area contributed by atoms with E-state index < -0.39 is 11.6 Å². The van der Waals surface area contributed by atoms with E-state index in [-0.39, 0.29) is 18.2 Å². The van der Waals surface area contributed by atoms with Crippen LogP contribution < -0.4 is 4.74 Å². The molecular weight excluding hydrogens is 282 g/mol. The fraction of sp³-hybridized carbons (Fsp3) is 0.250. The lowest BCUT2D eigenvalue weighted by Crippen LogP contribution is -2.04. The van der Waals surface area contributed by atoms with Crippen LogP contribution in [0, 0.1) is 25.5 Å². The highest BCUT2D eigenvalue weighted by molar-refractivity contribution is 6.17. The van der Waals surface area contributed by atoms with Gasteiger partial charge in [-0.3, -0.25) is 0 Å². The molecule has 0 heterocycles. The monoisotopic (exact) mass is 296 g/mol. The molecule has 2 aromatic carbocycles. The van der Waals surface area contributed by atoms with Gasteiger partial charge in [-0.1, -0.05) is 18.2 Å². The molecule has 0 amide bonds. The van der Waals surface area contributed by atoms with Gasteiger partial charge in [0, 0.05) is 5.88 Å². The highest BCUT2D eigenvalue weighted by atomic mass is 35.5. The molecule has 0 spiro atoms. The Morgan fingerprint density at radius 3 is 2.10 bits per heavy atom. The average molecular weight is 297 g/mol. The van der Waals surface area contributed by atoms with Gasteiger partial charge in [0.15, 0.2) is 17.4 Å². The van der Waals surface area contributed by atoms with E-state index in [0.717, 1.165) is 16.7 Å². The second-order valence-electron chi connectivity index (χ2n) is 4.68. The summed E-state index contributed by atoms with van der Waals surface area (Å²) in [6, 6.07) is 8.20. The molecule has 0 N–H and O–H groups in total. The first kappa shape index (κ1) is 14.8. The van der Waals surface area contributed by atoms with Crippen molar-refractivity contribution in [2.45, 2.75) is 26.3 Å². The fourth-order valence-electron chi connectivity index (χ4n) is 2.05. The van der Waals surface area contributed by atoms with E-state index in [1.165, 1.54) is 12.1 Å². The van der Waals surface area contributed by atoms with Crippen LogP contribution in [0.4, 0.5) is 8.78 Å². The normalized spacial score (nSPS) is 10.7. The van der Waals surface area contributed by atoms with Crippen LogP contribution in [-0.2, 0) is 12.5 Å². The van der Waals surface area contributed by atoms with Crippen LogP contribution in [0.1, 0.15) is 22.3 Å². The summed E-state index contributed by atoms with van der Waals surface area (Å²) in [6.07, 6.45) is 0. The predicted octanol–water partition coefficient (Wildman–Crippen LogP) is 4.90. The van der Waals surface area contributed by atoms with Gasteiger partial charge in [0.2, 0.25) is 0 Å². The summed E-state index contributed by atoms with van der Waals surface area (Å²) in [4.78, 5) is 0. The number of benzene rings is 2. The molecule has 0 saturated carbocycles. The minimum atomic E-state index is -0.730. The molecule has 2 aromatic rings. The largest absolute Gasteiger partial charge is 0.483 e. The Bertz CT molecular complexity index is 583. The summed E-state index contributed by atoms with van der Waals surface area (Å²) in [6.45, 7) is 4.01. The molecule has 20 heavy (non-hydrogen) atoms. The number of hydrogen-bond donors (Lipinski definition) is 0. The Labute approximate surface area is 122 Å². The summed E-state index contributed by atoms with van der Waals surface area (Å²) in [5.41, 5.74) is 3.39. The standard InChI is InChI=1S/C16H15ClF2O/c1-10-4-3-5-11(2)13(10)9-20-16-14(18)6-12(8-17)7-15(16)19/h3-7H,8-9H2,1-2H3. The van der Waals surface area contributed by atoms with Crippen molar-refractivity contribution in [3.05, 3.63) is 64.2 Å². The lowest BCUT2D eigenvalue weighted by molar-refractivity contribution is 0.272. The van der Waals surface area contributed by atoms with Gasteiger partial charge in [0.05, 0.1) is 0 Å². The van der Waals surface area contributed by atoms with E-state index in [1.54, 1.807) is 0 Å². The zero-order valence-electron chi connectivity index (χ0n) is 11.3. The van der Waals surface area contributed by atoms with Crippen LogP contribution >= 0.6 is 11.6 Å². The summed E-state index contributed by atoms with van der Waals surface area (Å²) in [7, 11) is 0. The van der Waals surface area contributed by atoms with E-state index in [9.17, 15) is 8.78 Å². The summed E-state index contributed by atoms with van der Waals surface area (Å²) < 4.78 is 32.9. The van der Waals surface area contributed by atoms with Crippen molar-refractivity contribution in [1.29, 1.82) is 0 Å². The molecule has 2 rings (SSSR count). The molecule has 0 aliphatic rings. The third kappa shape index (κ3) is 3.10. The Morgan fingerprint density at radius 1 is 1.05 bits per heavy atom. The van der Waals surface area contributed by atoms with Gasteiger partial charge in [-0.15, -0.1) is 11.6 Å². The van der Waals surface area contributed by atoms with Crippen molar-refractivity contribution in [2.75, 3.05) is 0 Å². The molecule has 0 aliphatic heterocycles. The molecule has 4 heteroatoms. The second-order valence-corrected chi connectivity index (χ2v) is 4.95. The first-order valence-electron chi connectivity index (χ1n) is 6.24. The molecular formula is C16H15ClF2O. The number of rotatable bonds is 4. The van der Waals surface area contributed by atoms with Crippen LogP contribution in [0.2, 0.25) is 0 Å². The summed E-state index contributed by atoms with van der Waals surface area (Å²) >= 11 is 5.56. The maximum Gasteiger partial charge on any atom is 0.191 e. The lowest BCUT2D eigenvalue weighted by atomic mass is 10.0. The highest BCUT2D eigenvalue weighted by Crippen LogP contribution is 2.26. The van der Waals surface area contributed by atoms with Gasteiger partial charge in [-0.25, -0.2) is 8.78 Å². The molecule has 0 saturated heterocycles. The zero-order valence-corrected chi connectivity index (χ0v) is 12.1. The Morgan fingerprint density at radius 2 is 1.60 bits per heavy atom. The molecule has 0 atom stereocenters. The molecule has 0 fully saturated rings. The third-order valence-corrected chi connectivity index (χ3v) is 3.53. The van der Waals surface area contributed by atoms with Gasteiger partial charge >= 0.3 is 0 Å². The molecule has 1 nitrogen and oxygen atoms in total. The third-order valence-electron chi connectivity index (χ3n) is 3.22. The number of alkyl halides is 1.